The highest BCUT2D eigenvalue weighted by molar-refractivity contribution is 9.10. The van der Waals surface area contributed by atoms with Gasteiger partial charge in [0.05, 0.1) is 10.0 Å². The molecule has 0 radical (unpaired) electrons. The lowest BCUT2D eigenvalue weighted by Crippen LogP contribution is -2.08. The number of ketones is 1. The average Bonchev–Trinajstić information content (AvgIpc) is 2.42. The van der Waals surface area contributed by atoms with Gasteiger partial charge in [-0.3, -0.25) is 9.78 Å². The molecule has 2 nitrogen and oxygen atoms in total. The first-order chi connectivity index (χ1) is 9.09. The Balaban J connectivity index is 2.15. The molecule has 0 unspecified atom stereocenters. The maximum Gasteiger partial charge on any atom is 0.169 e. The number of aryl methyl sites for hydroxylation is 1. The molecule has 5 heteroatoms. The Morgan fingerprint density at radius 3 is 2.74 bits per heavy atom. The molecule has 0 aliphatic heterocycles. The van der Waals surface area contributed by atoms with Crippen molar-refractivity contribution in [1.82, 2.24) is 4.98 Å². The Kier molecular flexibility index (Phi) is 4.37. The van der Waals surface area contributed by atoms with Crippen molar-refractivity contribution in [3.63, 3.8) is 0 Å². The molecule has 0 saturated carbocycles. The minimum Gasteiger partial charge on any atom is -0.294 e. The number of carbonyl (C=O) groups is 1. The molecule has 19 heavy (non-hydrogen) atoms. The summed E-state index contributed by atoms with van der Waals surface area (Å²) in [5, 5.41) is 0. The van der Waals surface area contributed by atoms with E-state index in [2.05, 4.69) is 20.9 Å². The van der Waals surface area contributed by atoms with E-state index in [1.807, 2.05) is 6.07 Å². The summed E-state index contributed by atoms with van der Waals surface area (Å²) in [7, 11) is 0. The van der Waals surface area contributed by atoms with Gasteiger partial charge >= 0.3 is 0 Å². The molecule has 0 N–H and O–H groups in total. The molecule has 0 amide bonds. The third-order valence-corrected chi connectivity index (χ3v) is 3.30. The van der Waals surface area contributed by atoms with Gasteiger partial charge in [0.25, 0.3) is 0 Å². The van der Waals surface area contributed by atoms with E-state index in [1.165, 1.54) is 6.07 Å². The van der Waals surface area contributed by atoms with E-state index in [9.17, 15) is 13.6 Å². The van der Waals surface area contributed by atoms with E-state index >= 15 is 0 Å². The molecule has 1 aromatic heterocycles. The topological polar surface area (TPSA) is 30.0 Å². The Morgan fingerprint density at radius 1 is 1.26 bits per heavy atom. The lowest BCUT2D eigenvalue weighted by atomic mass is 10.0. The van der Waals surface area contributed by atoms with Crippen LogP contribution in [0.25, 0.3) is 0 Å². The van der Waals surface area contributed by atoms with Crippen LogP contribution in [0.15, 0.2) is 41.1 Å². The molecular weight excluding hydrogens is 316 g/mol. The van der Waals surface area contributed by atoms with Gasteiger partial charge in [0, 0.05) is 18.8 Å². The Bertz CT molecular complexity index is 602. The molecule has 0 bridgehead atoms. The zero-order valence-electron chi connectivity index (χ0n) is 9.87. The molecule has 0 saturated heterocycles. The summed E-state index contributed by atoms with van der Waals surface area (Å²) in [5.74, 6) is -2.24. The van der Waals surface area contributed by atoms with E-state index in [1.54, 1.807) is 18.5 Å². The standard InChI is InChI=1S/C14H10BrF2NO/c15-10-4-5-11(16)13(14(10)17)12(19)6-3-9-2-1-7-18-8-9/h1-2,4-5,7-8H,3,6H2. The van der Waals surface area contributed by atoms with Crippen molar-refractivity contribution in [2.45, 2.75) is 12.8 Å². The maximum atomic E-state index is 13.7. The molecular formula is C14H10BrF2NO. The summed E-state index contributed by atoms with van der Waals surface area (Å²) >= 11 is 2.94. The van der Waals surface area contributed by atoms with Gasteiger partial charge in [-0.25, -0.2) is 8.78 Å². The van der Waals surface area contributed by atoms with Crippen molar-refractivity contribution in [2.75, 3.05) is 0 Å². The van der Waals surface area contributed by atoms with Crippen LogP contribution in [0, 0.1) is 11.6 Å². The van der Waals surface area contributed by atoms with Crippen LogP contribution in [0.2, 0.25) is 0 Å². The molecule has 0 aliphatic rings. The van der Waals surface area contributed by atoms with Gasteiger partial charge in [-0.1, -0.05) is 6.07 Å². The zero-order chi connectivity index (χ0) is 13.8. The second kappa shape index (κ2) is 6.02. The molecule has 0 spiro atoms. The van der Waals surface area contributed by atoms with E-state index < -0.39 is 23.0 Å². The van der Waals surface area contributed by atoms with Crippen LogP contribution in [0.3, 0.4) is 0 Å². The van der Waals surface area contributed by atoms with Crippen LogP contribution < -0.4 is 0 Å². The summed E-state index contributed by atoms with van der Waals surface area (Å²) in [5.41, 5.74) is 0.366. The van der Waals surface area contributed by atoms with Crippen LogP contribution in [0.5, 0.6) is 0 Å². The number of hydrogen-bond donors (Lipinski definition) is 0. The fraction of sp³-hybridized carbons (Fsp3) is 0.143. The number of aromatic nitrogens is 1. The minimum absolute atomic E-state index is 0.0377. The zero-order valence-corrected chi connectivity index (χ0v) is 11.5. The predicted molar refractivity (Wildman–Crippen MR) is 70.9 cm³/mol. The Morgan fingerprint density at radius 2 is 2.05 bits per heavy atom. The molecule has 1 aromatic carbocycles. The number of Topliss-reactive ketones (excluding diaryl/α,β-unsaturated/α-hetero) is 1. The first-order valence-electron chi connectivity index (χ1n) is 5.65. The van der Waals surface area contributed by atoms with Crippen molar-refractivity contribution >= 4 is 21.7 Å². The normalized spacial score (nSPS) is 10.5. The van der Waals surface area contributed by atoms with Gasteiger partial charge in [-0.15, -0.1) is 0 Å². The first kappa shape index (κ1) is 13.8. The second-order valence-electron chi connectivity index (χ2n) is 4.00. The fourth-order valence-corrected chi connectivity index (χ4v) is 2.04. The van der Waals surface area contributed by atoms with Crippen molar-refractivity contribution in [1.29, 1.82) is 0 Å². The number of rotatable bonds is 4. The van der Waals surface area contributed by atoms with Gasteiger partial charge in [0.2, 0.25) is 0 Å². The van der Waals surface area contributed by atoms with Gasteiger partial charge in [0.15, 0.2) is 11.6 Å². The molecule has 0 fully saturated rings. The molecule has 0 atom stereocenters. The van der Waals surface area contributed by atoms with Crippen molar-refractivity contribution in [3.05, 3.63) is 63.9 Å². The average molecular weight is 326 g/mol. The van der Waals surface area contributed by atoms with Crippen molar-refractivity contribution in [2.24, 2.45) is 0 Å². The van der Waals surface area contributed by atoms with Crippen LogP contribution in [0.4, 0.5) is 8.78 Å². The summed E-state index contributed by atoms with van der Waals surface area (Å²) in [6, 6.07) is 5.88. The summed E-state index contributed by atoms with van der Waals surface area (Å²) < 4.78 is 27.3. The van der Waals surface area contributed by atoms with E-state index in [4.69, 9.17) is 0 Å². The van der Waals surface area contributed by atoms with E-state index in [0.29, 0.717) is 6.42 Å². The van der Waals surface area contributed by atoms with Gasteiger partial charge in [-0.2, -0.15) is 0 Å². The minimum atomic E-state index is -0.851. The van der Waals surface area contributed by atoms with Crippen molar-refractivity contribution in [3.8, 4) is 0 Å². The molecule has 2 aromatic rings. The summed E-state index contributed by atoms with van der Waals surface area (Å²) in [6.45, 7) is 0. The highest BCUT2D eigenvalue weighted by Crippen LogP contribution is 2.23. The number of carbonyl (C=O) groups excluding carboxylic acids is 1. The summed E-state index contributed by atoms with van der Waals surface area (Å²) in [6.07, 6.45) is 3.69. The van der Waals surface area contributed by atoms with Crippen LogP contribution in [0.1, 0.15) is 22.3 Å². The van der Waals surface area contributed by atoms with Gasteiger partial charge in [0.1, 0.15) is 5.82 Å². The highest BCUT2D eigenvalue weighted by Gasteiger charge is 2.19. The monoisotopic (exact) mass is 325 g/mol. The number of hydrogen-bond acceptors (Lipinski definition) is 2. The SMILES string of the molecule is O=C(CCc1cccnc1)c1c(F)ccc(Br)c1F. The van der Waals surface area contributed by atoms with Gasteiger partial charge < -0.3 is 0 Å². The lowest BCUT2D eigenvalue weighted by molar-refractivity contribution is 0.0974. The third kappa shape index (κ3) is 3.23. The number of halogens is 3. The molecule has 1 heterocycles. The van der Waals surface area contributed by atoms with E-state index in [-0.39, 0.29) is 10.9 Å². The van der Waals surface area contributed by atoms with Crippen LogP contribution in [-0.4, -0.2) is 10.8 Å². The Hall–Kier alpha value is -1.62. The summed E-state index contributed by atoms with van der Waals surface area (Å²) in [4.78, 5) is 15.8. The molecule has 0 aliphatic carbocycles. The van der Waals surface area contributed by atoms with Crippen LogP contribution in [-0.2, 0) is 6.42 Å². The Labute approximate surface area is 117 Å². The largest absolute Gasteiger partial charge is 0.294 e. The predicted octanol–water partition coefficient (Wildman–Crippen LogP) is 3.94. The number of nitrogens with zero attached hydrogens (tertiary/aromatic N) is 1. The number of pyridine rings is 1. The fourth-order valence-electron chi connectivity index (χ4n) is 1.71. The lowest BCUT2D eigenvalue weighted by Gasteiger charge is -2.05. The number of benzene rings is 1. The van der Waals surface area contributed by atoms with E-state index in [0.717, 1.165) is 11.6 Å². The molecule has 98 valence electrons. The maximum absolute atomic E-state index is 13.7. The second-order valence-corrected chi connectivity index (χ2v) is 4.86. The molecule has 2 rings (SSSR count). The van der Waals surface area contributed by atoms with Gasteiger partial charge in [-0.05, 0) is 46.1 Å². The highest BCUT2D eigenvalue weighted by atomic mass is 79.9. The smallest absolute Gasteiger partial charge is 0.169 e. The first-order valence-corrected chi connectivity index (χ1v) is 6.44. The van der Waals surface area contributed by atoms with Crippen molar-refractivity contribution < 1.29 is 13.6 Å². The third-order valence-electron chi connectivity index (χ3n) is 2.69. The van der Waals surface area contributed by atoms with Crippen LogP contribution >= 0.6 is 15.9 Å². The quantitative estimate of drug-likeness (QED) is 0.629.